The van der Waals surface area contributed by atoms with Crippen molar-refractivity contribution < 1.29 is 9.32 Å². The first-order chi connectivity index (χ1) is 11.7. The fourth-order valence-electron chi connectivity index (χ4n) is 3.00. The molecule has 0 spiro atoms. The molecule has 1 amide bonds. The van der Waals surface area contributed by atoms with Crippen LogP contribution >= 0.6 is 11.6 Å². The molecule has 2 aromatic heterocycles. The molecule has 1 N–H and O–H groups in total. The molecule has 7 heteroatoms. The largest absolute Gasteiger partial charge is 0.367 e. The second kappa shape index (κ2) is 6.13. The Balaban J connectivity index is 1.60. The summed E-state index contributed by atoms with van der Waals surface area (Å²) in [5, 5.41) is 4.65. The smallest absolute Gasteiger partial charge is 0.256 e. The van der Waals surface area contributed by atoms with Crippen molar-refractivity contribution in [1.82, 2.24) is 20.0 Å². The minimum absolute atomic E-state index is 0.0266. The molecule has 1 aliphatic rings. The lowest BCUT2D eigenvalue weighted by molar-refractivity contribution is 0.0710. The first-order valence-corrected chi connectivity index (χ1v) is 8.13. The SMILES string of the molecule is O=C(c1cc[nH]c1)N1CCCC1c1nc(-c2cccc(Cl)c2)no1. The number of aromatic amines is 1. The van der Waals surface area contributed by atoms with Crippen LogP contribution in [0.1, 0.15) is 35.1 Å². The minimum Gasteiger partial charge on any atom is -0.367 e. The average molecular weight is 343 g/mol. The molecule has 1 aromatic carbocycles. The molecule has 1 fully saturated rings. The van der Waals surface area contributed by atoms with Crippen LogP contribution in [-0.2, 0) is 0 Å². The van der Waals surface area contributed by atoms with Crippen LogP contribution in [0.15, 0.2) is 47.2 Å². The molecule has 1 saturated heterocycles. The van der Waals surface area contributed by atoms with Crippen LogP contribution in [0.2, 0.25) is 5.02 Å². The summed E-state index contributed by atoms with van der Waals surface area (Å²) < 4.78 is 5.43. The van der Waals surface area contributed by atoms with Gasteiger partial charge in [-0.15, -0.1) is 0 Å². The van der Waals surface area contributed by atoms with E-state index in [2.05, 4.69) is 15.1 Å². The average Bonchev–Trinajstić information content (AvgIpc) is 3.33. The number of halogens is 1. The topological polar surface area (TPSA) is 75.0 Å². The van der Waals surface area contributed by atoms with Crippen LogP contribution in [0, 0.1) is 0 Å². The van der Waals surface area contributed by atoms with Gasteiger partial charge in [-0.25, -0.2) is 0 Å². The maximum atomic E-state index is 12.6. The molecule has 1 atom stereocenters. The molecule has 0 saturated carbocycles. The Bertz CT molecular complexity index is 859. The standard InChI is InChI=1S/C17H15ClN4O2/c18-13-4-1-3-11(9-13)15-20-16(24-21-15)14-5-2-8-22(14)17(23)12-6-7-19-10-12/h1,3-4,6-7,9-10,14,19H,2,5,8H2. The molecule has 1 unspecified atom stereocenters. The quantitative estimate of drug-likeness (QED) is 0.787. The van der Waals surface area contributed by atoms with E-state index >= 15 is 0 Å². The summed E-state index contributed by atoms with van der Waals surface area (Å²) >= 11 is 6.01. The van der Waals surface area contributed by atoms with Gasteiger partial charge < -0.3 is 14.4 Å². The Kier molecular flexibility index (Phi) is 3.82. The van der Waals surface area contributed by atoms with Gasteiger partial charge in [0.15, 0.2) is 0 Å². The van der Waals surface area contributed by atoms with E-state index in [0.717, 1.165) is 18.4 Å². The third kappa shape index (κ3) is 2.69. The molecule has 1 aliphatic heterocycles. The van der Waals surface area contributed by atoms with Gasteiger partial charge >= 0.3 is 0 Å². The number of hydrogen-bond acceptors (Lipinski definition) is 4. The normalized spacial score (nSPS) is 17.4. The summed E-state index contributed by atoms with van der Waals surface area (Å²) in [5.74, 6) is 0.918. The highest BCUT2D eigenvalue weighted by Crippen LogP contribution is 2.33. The second-order valence-electron chi connectivity index (χ2n) is 5.72. The highest BCUT2D eigenvalue weighted by atomic mass is 35.5. The number of aromatic nitrogens is 3. The lowest BCUT2D eigenvalue weighted by atomic mass is 10.2. The maximum absolute atomic E-state index is 12.6. The molecule has 3 heterocycles. The predicted molar refractivity (Wildman–Crippen MR) is 88.5 cm³/mol. The number of H-pyrrole nitrogens is 1. The Labute approximate surface area is 143 Å². The third-order valence-corrected chi connectivity index (χ3v) is 4.40. The van der Waals surface area contributed by atoms with E-state index in [1.165, 1.54) is 0 Å². The highest BCUT2D eigenvalue weighted by molar-refractivity contribution is 6.30. The summed E-state index contributed by atoms with van der Waals surface area (Å²) in [6.45, 7) is 0.684. The number of hydrogen-bond donors (Lipinski definition) is 1. The number of nitrogens with zero attached hydrogens (tertiary/aromatic N) is 3. The van der Waals surface area contributed by atoms with Crippen molar-refractivity contribution in [3.63, 3.8) is 0 Å². The lowest BCUT2D eigenvalue weighted by Crippen LogP contribution is -2.30. The van der Waals surface area contributed by atoms with E-state index in [0.29, 0.717) is 28.8 Å². The van der Waals surface area contributed by atoms with Crippen LogP contribution in [-0.4, -0.2) is 32.5 Å². The number of carbonyl (C=O) groups excluding carboxylic acids is 1. The first kappa shape index (κ1) is 15.0. The number of nitrogens with one attached hydrogen (secondary N) is 1. The molecule has 3 aromatic rings. The third-order valence-electron chi connectivity index (χ3n) is 4.17. The van der Waals surface area contributed by atoms with Gasteiger partial charge in [0.1, 0.15) is 6.04 Å². The van der Waals surface area contributed by atoms with Crippen LogP contribution in [0.5, 0.6) is 0 Å². The van der Waals surface area contributed by atoms with Crippen molar-refractivity contribution >= 4 is 17.5 Å². The van der Waals surface area contributed by atoms with Gasteiger partial charge in [0.25, 0.3) is 5.91 Å². The number of amides is 1. The fourth-order valence-corrected chi connectivity index (χ4v) is 3.19. The molecule has 4 rings (SSSR count). The van der Waals surface area contributed by atoms with E-state index in [1.54, 1.807) is 35.5 Å². The van der Waals surface area contributed by atoms with Crippen molar-refractivity contribution in [2.75, 3.05) is 6.54 Å². The Morgan fingerprint density at radius 1 is 1.38 bits per heavy atom. The van der Waals surface area contributed by atoms with Gasteiger partial charge in [-0.1, -0.05) is 28.9 Å². The number of carbonyl (C=O) groups is 1. The minimum atomic E-state index is -0.187. The van der Waals surface area contributed by atoms with E-state index in [-0.39, 0.29) is 11.9 Å². The zero-order chi connectivity index (χ0) is 16.5. The Morgan fingerprint density at radius 3 is 3.08 bits per heavy atom. The van der Waals surface area contributed by atoms with Gasteiger partial charge in [-0.05, 0) is 31.0 Å². The lowest BCUT2D eigenvalue weighted by Gasteiger charge is -2.21. The van der Waals surface area contributed by atoms with Gasteiger partial charge in [0.05, 0.1) is 5.56 Å². The molecular weight excluding hydrogens is 328 g/mol. The Morgan fingerprint density at radius 2 is 2.29 bits per heavy atom. The summed E-state index contributed by atoms with van der Waals surface area (Å²) in [7, 11) is 0. The van der Waals surface area contributed by atoms with Crippen molar-refractivity contribution in [3.8, 4) is 11.4 Å². The monoisotopic (exact) mass is 342 g/mol. The zero-order valence-corrected chi connectivity index (χ0v) is 13.5. The molecule has 0 radical (unpaired) electrons. The molecule has 0 bridgehead atoms. The zero-order valence-electron chi connectivity index (χ0n) is 12.8. The number of rotatable bonds is 3. The van der Waals surface area contributed by atoms with E-state index in [1.807, 2.05) is 12.1 Å². The number of likely N-dealkylation sites (tertiary alicyclic amines) is 1. The number of benzene rings is 1. The van der Waals surface area contributed by atoms with Gasteiger partial charge in [-0.3, -0.25) is 4.79 Å². The van der Waals surface area contributed by atoms with Gasteiger partial charge in [0.2, 0.25) is 11.7 Å². The van der Waals surface area contributed by atoms with Crippen molar-refractivity contribution in [2.45, 2.75) is 18.9 Å². The summed E-state index contributed by atoms with van der Waals surface area (Å²) in [5.41, 5.74) is 1.43. The highest BCUT2D eigenvalue weighted by Gasteiger charge is 2.34. The summed E-state index contributed by atoms with van der Waals surface area (Å²) in [6.07, 6.45) is 5.16. The Hall–Kier alpha value is -2.60. The summed E-state index contributed by atoms with van der Waals surface area (Å²) in [4.78, 5) is 21.8. The van der Waals surface area contributed by atoms with E-state index in [4.69, 9.17) is 16.1 Å². The van der Waals surface area contributed by atoms with Crippen molar-refractivity contribution in [3.05, 3.63) is 59.2 Å². The molecule has 122 valence electrons. The van der Waals surface area contributed by atoms with Crippen LogP contribution in [0.25, 0.3) is 11.4 Å². The predicted octanol–water partition coefficient (Wildman–Crippen LogP) is 3.70. The first-order valence-electron chi connectivity index (χ1n) is 7.75. The molecule has 24 heavy (non-hydrogen) atoms. The second-order valence-corrected chi connectivity index (χ2v) is 6.16. The fraction of sp³-hybridized carbons (Fsp3) is 0.235. The molecule has 0 aliphatic carbocycles. The molecular formula is C17H15ClN4O2. The van der Waals surface area contributed by atoms with Crippen molar-refractivity contribution in [1.29, 1.82) is 0 Å². The van der Waals surface area contributed by atoms with Crippen LogP contribution < -0.4 is 0 Å². The molecule has 6 nitrogen and oxygen atoms in total. The van der Waals surface area contributed by atoms with E-state index < -0.39 is 0 Å². The van der Waals surface area contributed by atoms with Gasteiger partial charge in [0, 0.05) is 29.5 Å². The van der Waals surface area contributed by atoms with E-state index in [9.17, 15) is 4.79 Å². The van der Waals surface area contributed by atoms with Crippen molar-refractivity contribution in [2.24, 2.45) is 0 Å². The summed E-state index contributed by atoms with van der Waals surface area (Å²) in [6, 6.07) is 8.87. The van der Waals surface area contributed by atoms with Crippen LogP contribution in [0.3, 0.4) is 0 Å². The van der Waals surface area contributed by atoms with Gasteiger partial charge in [-0.2, -0.15) is 4.98 Å². The van der Waals surface area contributed by atoms with Crippen LogP contribution in [0.4, 0.5) is 0 Å². The maximum Gasteiger partial charge on any atom is 0.256 e.